The van der Waals surface area contributed by atoms with Crippen molar-refractivity contribution in [1.82, 2.24) is 0 Å². The fourth-order valence-corrected chi connectivity index (χ4v) is 7.14. The van der Waals surface area contributed by atoms with Crippen molar-refractivity contribution in [1.29, 1.82) is 0 Å². The first-order chi connectivity index (χ1) is 12.5. The lowest BCUT2D eigenvalue weighted by molar-refractivity contribution is -0.147. The minimum absolute atomic E-state index is 0.0204. The van der Waals surface area contributed by atoms with Crippen molar-refractivity contribution < 1.29 is 19.1 Å². The number of carbonyl (C=O) groups excluding carboxylic acids is 1. The number of fused-ring (bicyclic) bond motifs is 5. The van der Waals surface area contributed by atoms with Crippen LogP contribution >= 0.6 is 0 Å². The van der Waals surface area contributed by atoms with Gasteiger partial charge in [-0.3, -0.25) is 4.79 Å². The second-order valence-corrected chi connectivity index (χ2v) is 9.47. The average molecular weight is 336 g/mol. The van der Waals surface area contributed by atoms with E-state index in [1.54, 1.807) is 0 Å². The molecule has 0 aromatic rings. The van der Waals surface area contributed by atoms with Crippen LogP contribution in [0, 0.1) is 34.5 Å². The number of rotatable bonds is 0. The molecule has 0 heterocycles. The Morgan fingerprint density at radius 3 is 2.62 bits per heavy atom. The quantitative estimate of drug-likeness (QED) is 0.509. The molecular formula is C21H32O3. The Kier molecular flexibility index (Phi) is 2.84. The molecule has 7 atom stereocenters. The molecule has 0 spiro atoms. The predicted molar refractivity (Wildman–Crippen MR) is 93.5 cm³/mol. The number of carbonyl (C=O) groups is 1. The largest absolute Gasteiger partial charge is 0.515 e. The Bertz CT molecular complexity index is 687. The molecule has 0 radical (unpaired) electrons. The Morgan fingerprint density at radius 1 is 1.17 bits per heavy atom. The zero-order valence-electron chi connectivity index (χ0n) is 17.8. The highest BCUT2D eigenvalue weighted by Gasteiger charge is 2.63. The molecule has 3 nitrogen and oxygen atoms in total. The summed E-state index contributed by atoms with van der Waals surface area (Å²) in [6.45, 7) is 1.93. The maximum Gasteiger partial charge on any atom is 0.162 e. The van der Waals surface area contributed by atoms with Crippen LogP contribution in [0.3, 0.4) is 0 Å². The van der Waals surface area contributed by atoms with Crippen molar-refractivity contribution in [3.05, 3.63) is 11.8 Å². The number of Topliss-reactive ketones (excluding diaryl/α,β-unsaturated/α-hetero) is 1. The van der Waals surface area contributed by atoms with Gasteiger partial charge in [-0.05, 0) is 86.3 Å². The van der Waals surface area contributed by atoms with E-state index in [-0.39, 0.29) is 17.1 Å². The van der Waals surface area contributed by atoms with Gasteiger partial charge in [-0.1, -0.05) is 13.8 Å². The smallest absolute Gasteiger partial charge is 0.162 e. The van der Waals surface area contributed by atoms with Crippen LogP contribution in [-0.4, -0.2) is 21.6 Å². The Hall–Kier alpha value is -0.830. The molecule has 0 aromatic carbocycles. The summed E-state index contributed by atoms with van der Waals surface area (Å²) in [6, 6.07) is 0. The third-order valence-corrected chi connectivity index (χ3v) is 8.73. The molecule has 0 amide bonds. The van der Waals surface area contributed by atoms with Gasteiger partial charge in [-0.25, -0.2) is 0 Å². The van der Waals surface area contributed by atoms with Gasteiger partial charge in [0.05, 0.1) is 11.9 Å². The van der Waals surface area contributed by atoms with Gasteiger partial charge in [0.15, 0.2) is 5.78 Å². The molecular weight excluding hydrogens is 300 g/mol. The van der Waals surface area contributed by atoms with Crippen molar-refractivity contribution in [2.75, 3.05) is 0 Å². The van der Waals surface area contributed by atoms with Crippen molar-refractivity contribution in [2.45, 2.75) is 77.7 Å². The zero-order valence-corrected chi connectivity index (χ0v) is 14.8. The molecule has 0 unspecified atom stereocenters. The molecule has 0 aliphatic heterocycles. The monoisotopic (exact) mass is 335 g/mol. The van der Waals surface area contributed by atoms with E-state index in [0.29, 0.717) is 42.6 Å². The molecule has 134 valence electrons. The minimum Gasteiger partial charge on any atom is -0.515 e. The summed E-state index contributed by atoms with van der Waals surface area (Å²) in [5.74, 6) is 1.48. The van der Waals surface area contributed by atoms with E-state index < -0.39 is 17.9 Å². The van der Waals surface area contributed by atoms with E-state index in [2.05, 4.69) is 6.92 Å². The fourth-order valence-electron chi connectivity index (χ4n) is 7.14. The van der Waals surface area contributed by atoms with Crippen molar-refractivity contribution in [3.63, 3.8) is 0 Å². The van der Waals surface area contributed by atoms with Crippen LogP contribution in [0.25, 0.3) is 0 Å². The summed E-state index contributed by atoms with van der Waals surface area (Å²) in [5.41, 5.74) is -1.63. The highest BCUT2D eigenvalue weighted by Crippen LogP contribution is 2.68. The summed E-state index contributed by atoms with van der Waals surface area (Å²) < 4.78 is 23.9. The predicted octanol–water partition coefficient (Wildman–Crippen LogP) is 4.40. The van der Waals surface area contributed by atoms with E-state index in [4.69, 9.17) is 4.11 Å². The van der Waals surface area contributed by atoms with Gasteiger partial charge < -0.3 is 10.2 Å². The number of hydrogen-bond donors (Lipinski definition) is 2. The van der Waals surface area contributed by atoms with Crippen LogP contribution in [0.4, 0.5) is 0 Å². The van der Waals surface area contributed by atoms with Crippen molar-refractivity contribution in [2.24, 2.45) is 34.5 Å². The van der Waals surface area contributed by atoms with Crippen LogP contribution < -0.4 is 0 Å². The van der Waals surface area contributed by atoms with E-state index in [0.717, 1.165) is 38.4 Å². The second kappa shape index (κ2) is 5.09. The fraction of sp³-hybridized carbons (Fsp3) is 0.857. The molecule has 4 fully saturated rings. The zero-order chi connectivity index (χ0) is 19.8. The van der Waals surface area contributed by atoms with Crippen LogP contribution in [-0.2, 0) is 4.79 Å². The van der Waals surface area contributed by atoms with Crippen LogP contribution in [0.5, 0.6) is 0 Å². The third-order valence-electron chi connectivity index (χ3n) is 8.73. The van der Waals surface area contributed by atoms with Crippen molar-refractivity contribution >= 4 is 5.78 Å². The molecule has 24 heavy (non-hydrogen) atoms. The summed E-state index contributed by atoms with van der Waals surface area (Å²) in [7, 11) is 0. The average Bonchev–Trinajstić information content (AvgIpc) is 2.87. The van der Waals surface area contributed by atoms with E-state index in [1.165, 1.54) is 0 Å². The molecule has 0 aromatic heterocycles. The number of aliphatic hydroxyl groups excluding tert-OH is 1. The van der Waals surface area contributed by atoms with Crippen LogP contribution in [0.15, 0.2) is 11.8 Å². The first-order valence-corrected chi connectivity index (χ1v) is 9.57. The number of allylic oxidation sites excluding steroid dienone is 1. The van der Waals surface area contributed by atoms with Gasteiger partial charge in [0.2, 0.25) is 0 Å². The van der Waals surface area contributed by atoms with Gasteiger partial charge in [0.1, 0.15) is 0 Å². The van der Waals surface area contributed by atoms with Crippen LogP contribution in [0.2, 0.25) is 0 Å². The molecule has 0 bridgehead atoms. The summed E-state index contributed by atoms with van der Waals surface area (Å²) in [5, 5.41) is 20.8. The highest BCUT2D eigenvalue weighted by atomic mass is 16.3. The maximum atomic E-state index is 12.3. The normalized spacial score (nSPS) is 58.2. The summed E-state index contributed by atoms with van der Waals surface area (Å²) in [6.07, 6.45) is 6.91. The number of hydrogen-bond acceptors (Lipinski definition) is 3. The molecule has 0 saturated heterocycles. The lowest BCUT2D eigenvalue weighted by Gasteiger charge is -2.61. The molecule has 2 N–H and O–H groups in total. The van der Waals surface area contributed by atoms with Gasteiger partial charge in [0, 0.05) is 16.1 Å². The lowest BCUT2D eigenvalue weighted by Crippen LogP contribution is -2.56. The van der Waals surface area contributed by atoms with Gasteiger partial charge in [-0.15, -0.1) is 0 Å². The van der Waals surface area contributed by atoms with Gasteiger partial charge >= 0.3 is 0 Å². The standard InChI is InChI=1S/C21H32O3/c1-19-11-13(12-22)18(23)10-14(19)4-5-15-16(19)6-8-20(2)17(15)7-9-21(20,3)24/h12,14-17,22,24H,4-11H2,1-3H3/b13-12-/t14-,15+,16-,17-,19-,20-,21-/m0/s1/i3D3. The first-order valence-electron chi connectivity index (χ1n) is 11.1. The third kappa shape index (κ3) is 1.97. The van der Waals surface area contributed by atoms with Gasteiger partial charge in [0.25, 0.3) is 0 Å². The molecule has 4 saturated carbocycles. The molecule has 4 rings (SSSR count). The summed E-state index contributed by atoms with van der Waals surface area (Å²) >= 11 is 0. The minimum atomic E-state index is -2.35. The van der Waals surface area contributed by atoms with Crippen LogP contribution in [0.1, 0.15) is 76.2 Å². The Morgan fingerprint density at radius 2 is 1.92 bits per heavy atom. The molecule has 4 aliphatic rings. The number of ketones is 1. The van der Waals surface area contributed by atoms with Gasteiger partial charge in [-0.2, -0.15) is 0 Å². The second-order valence-electron chi connectivity index (χ2n) is 9.47. The van der Waals surface area contributed by atoms with E-state index >= 15 is 0 Å². The topological polar surface area (TPSA) is 57.5 Å². The SMILES string of the molecule is [2H]C([2H])([2H])[C@]1(O)CC[C@H]2[C@@H]3CC[C@H]4CC(=O)/C(=C\O)C[C@]4(C)[C@H]3CC[C@@]21C. The first kappa shape index (κ1) is 13.4. The number of aliphatic hydroxyl groups is 2. The highest BCUT2D eigenvalue weighted by molar-refractivity contribution is 5.96. The Labute approximate surface area is 149 Å². The summed E-state index contributed by atoms with van der Waals surface area (Å²) in [4.78, 5) is 12.3. The van der Waals surface area contributed by atoms with E-state index in [1.807, 2.05) is 6.92 Å². The Balaban J connectivity index is 1.68. The lowest BCUT2D eigenvalue weighted by atomic mass is 9.44. The molecule has 3 heteroatoms. The van der Waals surface area contributed by atoms with E-state index in [9.17, 15) is 15.0 Å². The van der Waals surface area contributed by atoms with Crippen molar-refractivity contribution in [3.8, 4) is 0 Å². The maximum absolute atomic E-state index is 12.3. The molecule has 4 aliphatic carbocycles.